The van der Waals surface area contributed by atoms with Crippen molar-refractivity contribution in [3.63, 3.8) is 0 Å². The van der Waals surface area contributed by atoms with Crippen LogP contribution in [0.5, 0.6) is 0 Å². The molecule has 4 aromatic carbocycles. The summed E-state index contributed by atoms with van der Waals surface area (Å²) in [5, 5.41) is 46.9. The van der Waals surface area contributed by atoms with Gasteiger partial charge in [0, 0.05) is 77.0 Å². The number of hydrogen-bond acceptors (Lipinski definition) is 14. The largest absolute Gasteiger partial charge is 1.00 e. The van der Waals surface area contributed by atoms with Crippen molar-refractivity contribution in [3.8, 4) is 0 Å². The topological polar surface area (TPSA) is 273 Å². The fourth-order valence-electron chi connectivity index (χ4n) is 9.18. The number of carbonyl (C=O) groups excluding carboxylic acids is 2. The van der Waals surface area contributed by atoms with E-state index >= 15 is 0 Å². The van der Waals surface area contributed by atoms with Crippen LogP contribution >= 0.6 is 0 Å². The van der Waals surface area contributed by atoms with Crippen molar-refractivity contribution < 1.29 is 89.8 Å². The quantitative estimate of drug-likeness (QED) is 0.0171. The Morgan fingerprint density at radius 3 is 1.99 bits per heavy atom. The average molecular weight is 1050 g/mol. The second-order valence-corrected chi connectivity index (χ2v) is 21.6. The van der Waals surface area contributed by atoms with Crippen LogP contribution in [0.25, 0.3) is 5.57 Å². The summed E-state index contributed by atoms with van der Waals surface area (Å²) in [4.78, 5) is 30.8. The van der Waals surface area contributed by atoms with E-state index in [1.54, 1.807) is 103 Å². The Balaban J connectivity index is 0.00000892. The molecule has 7 rings (SSSR count). The van der Waals surface area contributed by atoms with E-state index in [2.05, 4.69) is 17.2 Å². The summed E-state index contributed by atoms with van der Waals surface area (Å²) in [6.07, 6.45) is 9.01. The van der Waals surface area contributed by atoms with Crippen LogP contribution in [0.15, 0.2) is 155 Å². The smallest absolute Gasteiger partial charge is 0.744 e. The van der Waals surface area contributed by atoms with E-state index in [1.165, 1.54) is 36.5 Å². The van der Waals surface area contributed by atoms with Gasteiger partial charge in [0.2, 0.25) is 11.6 Å². The summed E-state index contributed by atoms with van der Waals surface area (Å²) in [5.74, 6) is -0.696. The number of allylic oxidation sites excluding steroid dienone is 6. The number of carbonyl (C=O) groups is 2. The van der Waals surface area contributed by atoms with Crippen molar-refractivity contribution in [2.24, 2.45) is 0 Å². The zero-order valence-corrected chi connectivity index (χ0v) is 45.4. The van der Waals surface area contributed by atoms with Crippen molar-refractivity contribution in [2.45, 2.75) is 74.7 Å². The summed E-state index contributed by atoms with van der Waals surface area (Å²) >= 11 is 0. The van der Waals surface area contributed by atoms with Crippen LogP contribution in [0.2, 0.25) is 0 Å². The maximum atomic E-state index is 13.3. The minimum Gasteiger partial charge on any atom is -0.744 e. The first-order valence-electron chi connectivity index (χ1n) is 23.1. The molecule has 74 heavy (non-hydrogen) atoms. The van der Waals surface area contributed by atoms with Crippen LogP contribution in [0.1, 0.15) is 79.3 Å². The van der Waals surface area contributed by atoms with E-state index < -0.39 is 61.0 Å². The summed E-state index contributed by atoms with van der Waals surface area (Å²) < 4.78 is 76.1. The number of aromatic nitrogens is 1. The van der Waals surface area contributed by atoms with Gasteiger partial charge in [0.1, 0.15) is 20.2 Å². The van der Waals surface area contributed by atoms with Gasteiger partial charge in [0.25, 0.3) is 5.91 Å². The monoisotopic (exact) mass is 1050 g/mol. The number of rotatable bonds is 18. The molecule has 3 heterocycles. The zero-order chi connectivity index (χ0) is 53.2. The molecular formula is C52H54B2N5NaO12S2. The van der Waals surface area contributed by atoms with Gasteiger partial charge < -0.3 is 44.7 Å². The number of benzene rings is 4. The number of nitrogens with zero attached hydrogens (tertiary/aromatic N) is 3. The minimum absolute atomic E-state index is 0. The van der Waals surface area contributed by atoms with Crippen LogP contribution in [-0.4, -0.2) is 100 Å². The van der Waals surface area contributed by atoms with Crippen LogP contribution < -0.4 is 56.0 Å². The van der Waals surface area contributed by atoms with E-state index in [0.29, 0.717) is 74.8 Å². The summed E-state index contributed by atoms with van der Waals surface area (Å²) in [6.45, 7) is 13.5. The Bertz CT molecular complexity index is 3380. The molecule has 378 valence electrons. The molecule has 0 saturated carbocycles. The molecule has 0 fully saturated rings. The second-order valence-electron chi connectivity index (χ2n) is 18.8. The number of anilines is 1. The molecule has 0 saturated heterocycles. The van der Waals surface area contributed by atoms with Gasteiger partial charge in [0.05, 0.1) is 26.5 Å². The van der Waals surface area contributed by atoms with Gasteiger partial charge in [-0.05, 0) is 97.8 Å². The van der Waals surface area contributed by atoms with E-state index in [-0.39, 0.29) is 71.6 Å². The van der Waals surface area contributed by atoms with E-state index in [4.69, 9.17) is 4.98 Å². The Kier molecular flexibility index (Phi) is 17.8. The molecule has 2 aliphatic rings. The summed E-state index contributed by atoms with van der Waals surface area (Å²) in [6, 6.07) is 24.9. The normalized spacial score (nSPS) is 15.4. The maximum absolute atomic E-state index is 13.3. The van der Waals surface area contributed by atoms with Gasteiger partial charge in [0.15, 0.2) is 12.3 Å². The van der Waals surface area contributed by atoms with E-state index in [0.717, 1.165) is 0 Å². The van der Waals surface area contributed by atoms with Crippen molar-refractivity contribution >= 4 is 79.9 Å². The Morgan fingerprint density at radius 1 is 0.784 bits per heavy atom. The number of pyridine rings is 1. The molecular weight excluding hydrogens is 995 g/mol. The third kappa shape index (κ3) is 12.5. The number of fused-ring (bicyclic) bond motifs is 2. The molecule has 0 spiro atoms. The molecule has 5 aromatic rings. The van der Waals surface area contributed by atoms with Gasteiger partial charge in [-0.1, -0.05) is 81.1 Å². The molecule has 0 atom stereocenters. The molecule has 0 bridgehead atoms. The van der Waals surface area contributed by atoms with Crippen LogP contribution in [0.4, 0.5) is 11.4 Å². The molecule has 6 N–H and O–H groups in total. The molecule has 17 nitrogen and oxygen atoms in total. The molecule has 2 aliphatic heterocycles. The first kappa shape index (κ1) is 57.5. The van der Waals surface area contributed by atoms with Gasteiger partial charge in [-0.25, -0.2) is 16.8 Å². The molecule has 1 aromatic heterocycles. The van der Waals surface area contributed by atoms with Crippen LogP contribution in [-0.2, 0) is 49.0 Å². The van der Waals surface area contributed by atoms with Crippen LogP contribution in [0, 0.1) is 0 Å². The maximum Gasteiger partial charge on any atom is 1.00 e. The SMILES string of the molecule is C=C(C)C(=O)NCCCNC(=O)c1ccc(C(=C\C=C2/N(Cc3ccccc3B(O)O)c3cc(S(=O)(=O)[O-])ccc3C2(C)C)/C=C/C2=[N+](Cc3ccccc3B(O)O)c3ccc(S(=O)(=O)[O-])cc3C2(C)C)nc1.[Na+]. The molecule has 0 unspecified atom stereocenters. The molecule has 0 radical (unpaired) electrons. The zero-order valence-electron chi connectivity index (χ0n) is 41.7. The van der Waals surface area contributed by atoms with Crippen molar-refractivity contribution in [3.05, 3.63) is 179 Å². The van der Waals surface area contributed by atoms with Gasteiger partial charge in [-0.2, -0.15) is 4.58 Å². The van der Waals surface area contributed by atoms with Crippen molar-refractivity contribution in [1.29, 1.82) is 0 Å². The number of nitrogens with one attached hydrogen (secondary N) is 2. The average Bonchev–Trinajstić information content (AvgIpc) is 3.67. The fraction of sp³-hybridized carbons (Fsp3) is 0.231. The molecule has 2 amide bonds. The predicted molar refractivity (Wildman–Crippen MR) is 276 cm³/mol. The standard InChI is InChI=1S/C52H55B2N5O12S2.Na/c1-33(2)49(60)55-26-11-27-56-50(61)35-16-22-44(57-30-35)34(17-24-47-51(3,4)40-21-19-39(73(69,70)71)29-46(40)59(47)32-37-13-8-10-15-43(37)54(64)65)18-25-48-52(5,6)41-28-38(72(66,67)68)20-23-45(41)58(48)31-36-12-7-9-14-42(36)53(62)63;/h7-10,12-25,28-30,62-65H,1,11,26-27,31-32H2,2-6H3,(H3-,55,56,60,61,66,67,68,69,70,71);/q;+1/p-1. The van der Waals surface area contributed by atoms with E-state index in [1.807, 2.05) is 32.3 Å². The van der Waals surface area contributed by atoms with Gasteiger partial charge >= 0.3 is 43.8 Å². The number of amides is 2. The first-order valence-corrected chi connectivity index (χ1v) is 25.9. The number of hydrogen-bond donors (Lipinski definition) is 6. The van der Waals surface area contributed by atoms with Crippen molar-refractivity contribution in [2.75, 3.05) is 18.0 Å². The van der Waals surface area contributed by atoms with Gasteiger partial charge in [-0.3, -0.25) is 14.6 Å². The van der Waals surface area contributed by atoms with Gasteiger partial charge in [-0.15, -0.1) is 0 Å². The van der Waals surface area contributed by atoms with E-state index in [9.17, 15) is 55.6 Å². The third-order valence-electron chi connectivity index (χ3n) is 13.1. The van der Waals surface area contributed by atoms with Crippen molar-refractivity contribution in [1.82, 2.24) is 15.6 Å². The summed E-state index contributed by atoms with van der Waals surface area (Å²) in [7, 11) is -13.4. The van der Waals surface area contributed by atoms with Crippen LogP contribution in [0.3, 0.4) is 0 Å². The Labute approximate surface area is 453 Å². The summed E-state index contributed by atoms with van der Waals surface area (Å²) in [5.41, 5.74) is 4.51. The Hall–Kier alpha value is -5.81. The fourth-order valence-corrected chi connectivity index (χ4v) is 10.2. The molecule has 0 aliphatic carbocycles. The first-order chi connectivity index (χ1) is 34.3. The third-order valence-corrected chi connectivity index (χ3v) is 14.8. The molecule has 22 heteroatoms. The second kappa shape index (κ2) is 23.0. The predicted octanol–water partition coefficient (Wildman–Crippen LogP) is 0.164. The minimum atomic E-state index is -4.90. The Morgan fingerprint density at radius 2 is 1.38 bits per heavy atom.